The fourth-order valence-electron chi connectivity index (χ4n) is 1.77. The van der Waals surface area contributed by atoms with Crippen LogP contribution in [-0.2, 0) is 0 Å². The quantitative estimate of drug-likeness (QED) is 0.870. The second kappa shape index (κ2) is 4.25. The minimum atomic E-state index is -0.290. The Bertz CT molecular complexity index is 581. The first-order chi connectivity index (χ1) is 8.70. The van der Waals surface area contributed by atoms with Crippen molar-refractivity contribution in [1.82, 2.24) is 9.97 Å². The molecule has 1 aliphatic carbocycles. The highest BCUT2D eigenvalue weighted by molar-refractivity contribution is 5.64. The van der Waals surface area contributed by atoms with Crippen molar-refractivity contribution >= 4 is 11.8 Å². The summed E-state index contributed by atoms with van der Waals surface area (Å²) in [7, 11) is 0. The Hall–Kier alpha value is -2.17. The Morgan fingerprint density at radius 1 is 1.22 bits per heavy atom. The lowest BCUT2D eigenvalue weighted by atomic mass is 10.1. The molecule has 0 radical (unpaired) electrons. The van der Waals surface area contributed by atoms with Gasteiger partial charge in [0.25, 0.3) is 0 Å². The molecular weight excluding hydrogens is 231 g/mol. The minimum Gasteiger partial charge on any atom is -0.368 e. The van der Waals surface area contributed by atoms with Crippen molar-refractivity contribution in [2.75, 3.05) is 11.1 Å². The summed E-state index contributed by atoms with van der Waals surface area (Å²) >= 11 is 0. The lowest BCUT2D eigenvalue weighted by Crippen LogP contribution is -2.06. The minimum absolute atomic E-state index is 0.194. The van der Waals surface area contributed by atoms with Crippen LogP contribution in [0.25, 0.3) is 11.3 Å². The molecule has 4 nitrogen and oxygen atoms in total. The average molecular weight is 244 g/mol. The Morgan fingerprint density at radius 2 is 2.06 bits per heavy atom. The molecule has 1 heterocycles. The van der Waals surface area contributed by atoms with Gasteiger partial charge in [0.1, 0.15) is 11.6 Å². The molecule has 0 unspecified atom stereocenters. The predicted octanol–water partition coefficient (Wildman–Crippen LogP) is 2.44. The second-order valence-electron chi connectivity index (χ2n) is 4.43. The molecule has 1 aliphatic rings. The lowest BCUT2D eigenvalue weighted by Gasteiger charge is -2.07. The number of aromatic nitrogens is 2. The van der Waals surface area contributed by atoms with Gasteiger partial charge in [-0.15, -0.1) is 0 Å². The van der Waals surface area contributed by atoms with E-state index < -0.39 is 0 Å². The van der Waals surface area contributed by atoms with Crippen molar-refractivity contribution in [3.05, 3.63) is 36.1 Å². The molecule has 3 N–H and O–H groups in total. The molecule has 1 aromatic carbocycles. The van der Waals surface area contributed by atoms with Crippen molar-refractivity contribution < 1.29 is 4.39 Å². The molecule has 1 fully saturated rings. The Kier molecular flexibility index (Phi) is 2.59. The number of benzene rings is 1. The maximum absolute atomic E-state index is 13.2. The van der Waals surface area contributed by atoms with Gasteiger partial charge in [-0.3, -0.25) is 0 Å². The van der Waals surface area contributed by atoms with Crippen LogP contribution in [0.1, 0.15) is 12.8 Å². The van der Waals surface area contributed by atoms with E-state index in [1.165, 1.54) is 12.1 Å². The largest absolute Gasteiger partial charge is 0.368 e. The number of halogens is 1. The molecule has 18 heavy (non-hydrogen) atoms. The van der Waals surface area contributed by atoms with E-state index in [1.807, 2.05) is 0 Å². The van der Waals surface area contributed by atoms with Crippen LogP contribution in [-0.4, -0.2) is 16.0 Å². The zero-order valence-electron chi connectivity index (χ0n) is 9.73. The van der Waals surface area contributed by atoms with Crippen molar-refractivity contribution in [2.45, 2.75) is 18.9 Å². The van der Waals surface area contributed by atoms with Crippen LogP contribution in [0.15, 0.2) is 30.3 Å². The number of nitrogens with zero attached hydrogens (tertiary/aromatic N) is 2. The number of hydrogen-bond donors (Lipinski definition) is 2. The van der Waals surface area contributed by atoms with Gasteiger partial charge in [-0.2, -0.15) is 4.98 Å². The van der Waals surface area contributed by atoms with Crippen LogP contribution < -0.4 is 11.1 Å². The van der Waals surface area contributed by atoms with Gasteiger partial charge in [0.15, 0.2) is 0 Å². The lowest BCUT2D eigenvalue weighted by molar-refractivity contribution is 0.628. The second-order valence-corrected chi connectivity index (χ2v) is 4.43. The Balaban J connectivity index is 1.97. The van der Waals surface area contributed by atoms with Crippen molar-refractivity contribution in [1.29, 1.82) is 0 Å². The molecular formula is C13H13FN4. The average Bonchev–Trinajstić information content (AvgIpc) is 3.12. The molecule has 0 spiro atoms. The molecule has 0 bridgehead atoms. The maximum Gasteiger partial charge on any atom is 0.222 e. The van der Waals surface area contributed by atoms with Crippen LogP contribution in [0.5, 0.6) is 0 Å². The molecule has 3 rings (SSSR count). The summed E-state index contributed by atoms with van der Waals surface area (Å²) in [5.74, 6) is 0.602. The van der Waals surface area contributed by atoms with Crippen molar-refractivity contribution in [3.63, 3.8) is 0 Å². The SMILES string of the molecule is Nc1nc(NC2CC2)cc(-c2cccc(F)c2)n1. The van der Waals surface area contributed by atoms with Gasteiger partial charge < -0.3 is 11.1 Å². The topological polar surface area (TPSA) is 63.8 Å². The number of nitrogen functional groups attached to an aromatic ring is 1. The highest BCUT2D eigenvalue weighted by atomic mass is 19.1. The number of rotatable bonds is 3. The fraction of sp³-hybridized carbons (Fsp3) is 0.231. The van der Waals surface area contributed by atoms with Crippen molar-refractivity contribution in [3.8, 4) is 11.3 Å². The van der Waals surface area contributed by atoms with E-state index in [4.69, 9.17) is 5.73 Å². The molecule has 92 valence electrons. The summed E-state index contributed by atoms with van der Waals surface area (Å²) in [6, 6.07) is 8.56. The molecule has 5 heteroatoms. The Morgan fingerprint density at radius 3 is 2.78 bits per heavy atom. The van der Waals surface area contributed by atoms with Crippen LogP contribution >= 0.6 is 0 Å². The van der Waals surface area contributed by atoms with Crippen LogP contribution in [0.2, 0.25) is 0 Å². The van der Waals surface area contributed by atoms with E-state index >= 15 is 0 Å². The van der Waals surface area contributed by atoms with Gasteiger partial charge in [0.05, 0.1) is 5.69 Å². The molecule has 0 amide bonds. The van der Waals surface area contributed by atoms with Gasteiger partial charge in [-0.25, -0.2) is 9.37 Å². The number of anilines is 2. The number of hydrogen-bond acceptors (Lipinski definition) is 4. The summed E-state index contributed by atoms with van der Waals surface area (Å²) in [6.07, 6.45) is 2.30. The summed E-state index contributed by atoms with van der Waals surface area (Å²) in [5, 5.41) is 3.26. The molecule has 0 saturated heterocycles. The summed E-state index contributed by atoms with van der Waals surface area (Å²) in [6.45, 7) is 0. The molecule has 1 saturated carbocycles. The highest BCUT2D eigenvalue weighted by Gasteiger charge is 2.21. The van der Waals surface area contributed by atoms with Crippen molar-refractivity contribution in [2.24, 2.45) is 0 Å². The standard InChI is InChI=1S/C13H13FN4/c14-9-3-1-2-8(6-9)11-7-12(16-10-4-5-10)18-13(15)17-11/h1-3,6-7,10H,4-5H2,(H3,15,16,17,18). The van der Waals surface area contributed by atoms with Gasteiger partial charge in [0.2, 0.25) is 5.95 Å². The van der Waals surface area contributed by atoms with Crippen LogP contribution in [0.4, 0.5) is 16.2 Å². The third kappa shape index (κ3) is 2.40. The zero-order valence-corrected chi connectivity index (χ0v) is 9.73. The van der Waals surface area contributed by atoms with E-state index in [-0.39, 0.29) is 11.8 Å². The molecule has 0 atom stereocenters. The molecule has 0 aliphatic heterocycles. The molecule has 1 aromatic heterocycles. The van der Waals surface area contributed by atoms with Gasteiger partial charge in [-0.05, 0) is 25.0 Å². The zero-order chi connectivity index (χ0) is 12.5. The first-order valence-electron chi connectivity index (χ1n) is 5.88. The third-order valence-corrected chi connectivity index (χ3v) is 2.79. The fourth-order valence-corrected chi connectivity index (χ4v) is 1.77. The predicted molar refractivity (Wildman–Crippen MR) is 68.5 cm³/mol. The van der Waals surface area contributed by atoms with E-state index in [0.29, 0.717) is 23.1 Å². The number of nitrogens with one attached hydrogen (secondary N) is 1. The van der Waals surface area contributed by atoms with E-state index in [2.05, 4.69) is 15.3 Å². The van der Waals surface area contributed by atoms with E-state index in [9.17, 15) is 4.39 Å². The van der Waals surface area contributed by atoms with Gasteiger partial charge >= 0.3 is 0 Å². The first kappa shape index (κ1) is 11.0. The first-order valence-corrected chi connectivity index (χ1v) is 5.88. The summed E-state index contributed by atoms with van der Waals surface area (Å²) in [4.78, 5) is 8.26. The Labute approximate surface area is 104 Å². The van der Waals surface area contributed by atoms with Crippen LogP contribution in [0.3, 0.4) is 0 Å². The van der Waals surface area contributed by atoms with Crippen LogP contribution in [0, 0.1) is 5.82 Å². The van der Waals surface area contributed by atoms with Gasteiger partial charge in [-0.1, -0.05) is 12.1 Å². The van der Waals surface area contributed by atoms with E-state index in [1.54, 1.807) is 18.2 Å². The van der Waals surface area contributed by atoms with Gasteiger partial charge in [0, 0.05) is 17.7 Å². The normalized spacial score (nSPS) is 14.5. The summed E-state index contributed by atoms with van der Waals surface area (Å²) < 4.78 is 13.2. The van der Waals surface area contributed by atoms with E-state index in [0.717, 1.165) is 12.8 Å². The summed E-state index contributed by atoms with van der Waals surface area (Å²) in [5.41, 5.74) is 7.00. The molecule has 2 aromatic rings. The maximum atomic E-state index is 13.2. The third-order valence-electron chi connectivity index (χ3n) is 2.79. The highest BCUT2D eigenvalue weighted by Crippen LogP contribution is 2.26. The number of nitrogens with two attached hydrogens (primary N) is 1. The monoisotopic (exact) mass is 244 g/mol. The smallest absolute Gasteiger partial charge is 0.222 e.